The highest BCUT2D eigenvalue weighted by molar-refractivity contribution is 8.15. The van der Waals surface area contributed by atoms with Gasteiger partial charge in [-0.1, -0.05) is 41.6 Å². The number of carbonyl (C=O) groups is 3. The minimum Gasteiger partial charge on any atom is -0.545 e. The van der Waals surface area contributed by atoms with Crippen molar-refractivity contribution in [1.82, 2.24) is 5.32 Å². The number of thioether (sulfide) groups is 1. The summed E-state index contributed by atoms with van der Waals surface area (Å²) in [6.45, 7) is 1.96. The molecule has 3 rings (SSSR count). The van der Waals surface area contributed by atoms with Crippen LogP contribution in [0.3, 0.4) is 0 Å². The maximum absolute atomic E-state index is 12.2. The molecule has 7 nitrogen and oxygen atoms in total. The number of carbonyl (C=O) groups excluding carboxylic acids is 3. The van der Waals surface area contributed by atoms with Gasteiger partial charge < -0.3 is 20.5 Å². The van der Waals surface area contributed by atoms with E-state index >= 15 is 0 Å². The van der Waals surface area contributed by atoms with Crippen LogP contribution in [0.4, 0.5) is 11.4 Å². The molecule has 27 heavy (non-hydrogen) atoms. The molecule has 2 aromatic rings. The van der Waals surface area contributed by atoms with Crippen molar-refractivity contribution in [3.8, 4) is 0 Å². The van der Waals surface area contributed by atoms with Gasteiger partial charge in [0.05, 0.1) is 11.7 Å². The zero-order valence-electron chi connectivity index (χ0n) is 14.4. The molecule has 1 atom stereocenters. The summed E-state index contributed by atoms with van der Waals surface area (Å²) in [6, 6.07) is 13.2. The quantitative estimate of drug-likeness (QED) is 0.816. The molecule has 0 bridgehead atoms. The monoisotopic (exact) mass is 382 g/mol. The van der Waals surface area contributed by atoms with Crippen LogP contribution in [0.15, 0.2) is 53.5 Å². The van der Waals surface area contributed by atoms with Gasteiger partial charge in [0.2, 0.25) is 11.8 Å². The largest absolute Gasteiger partial charge is 0.545 e. The van der Waals surface area contributed by atoms with Gasteiger partial charge in [-0.15, -0.1) is 0 Å². The fraction of sp³-hybridized carbons (Fsp3) is 0.158. The summed E-state index contributed by atoms with van der Waals surface area (Å²) in [6.07, 6.45) is 0.0209. The van der Waals surface area contributed by atoms with Gasteiger partial charge in [-0.05, 0) is 36.8 Å². The van der Waals surface area contributed by atoms with Crippen molar-refractivity contribution in [1.29, 1.82) is 0 Å². The summed E-state index contributed by atoms with van der Waals surface area (Å²) in [4.78, 5) is 39.2. The van der Waals surface area contributed by atoms with Gasteiger partial charge >= 0.3 is 0 Å². The van der Waals surface area contributed by atoms with Gasteiger partial charge in [-0.3, -0.25) is 9.59 Å². The molecule has 1 saturated heterocycles. The number of amides is 2. The normalized spacial score (nSPS) is 17.6. The predicted octanol–water partition coefficient (Wildman–Crippen LogP) is 1.61. The van der Waals surface area contributed by atoms with E-state index in [0.29, 0.717) is 16.5 Å². The number of carboxylic acid groups (broad SMARTS) is 1. The van der Waals surface area contributed by atoms with Crippen LogP contribution in [0.1, 0.15) is 22.3 Å². The lowest BCUT2D eigenvalue weighted by atomic mass is 10.2. The molecule has 8 heteroatoms. The van der Waals surface area contributed by atoms with Crippen molar-refractivity contribution in [3.63, 3.8) is 0 Å². The highest BCUT2D eigenvalue weighted by Gasteiger charge is 2.32. The summed E-state index contributed by atoms with van der Waals surface area (Å²) in [5.41, 5.74) is 2.31. The topological polar surface area (TPSA) is 111 Å². The highest BCUT2D eigenvalue weighted by Crippen LogP contribution is 2.25. The van der Waals surface area contributed by atoms with Crippen LogP contribution in [-0.4, -0.2) is 28.2 Å². The Kier molecular flexibility index (Phi) is 5.56. The Balaban J connectivity index is 1.60. The van der Waals surface area contributed by atoms with Crippen LogP contribution in [0.25, 0.3) is 0 Å². The number of nitrogens with zero attached hydrogens (tertiary/aromatic N) is 1. The molecule has 2 aromatic carbocycles. The predicted molar refractivity (Wildman–Crippen MR) is 102 cm³/mol. The number of benzene rings is 2. The number of aromatic carboxylic acids is 1. The number of carboxylic acids is 1. The first-order valence-corrected chi connectivity index (χ1v) is 9.03. The number of amidine groups is 1. The number of anilines is 1. The Morgan fingerprint density at radius 3 is 2.44 bits per heavy atom. The van der Waals surface area contributed by atoms with E-state index in [0.717, 1.165) is 5.56 Å². The van der Waals surface area contributed by atoms with Crippen molar-refractivity contribution >= 4 is 46.1 Å². The van der Waals surface area contributed by atoms with Crippen LogP contribution in [-0.2, 0) is 9.59 Å². The Labute approximate surface area is 159 Å². The van der Waals surface area contributed by atoms with Crippen molar-refractivity contribution in [3.05, 3.63) is 59.7 Å². The van der Waals surface area contributed by atoms with Gasteiger partial charge in [0.1, 0.15) is 5.25 Å². The van der Waals surface area contributed by atoms with E-state index in [1.807, 2.05) is 19.1 Å². The Bertz CT molecular complexity index is 908. The number of aliphatic imine (C=N–C) groups is 1. The first-order valence-electron chi connectivity index (χ1n) is 8.15. The smallest absolute Gasteiger partial charge is 0.240 e. The van der Waals surface area contributed by atoms with Gasteiger partial charge in [-0.2, -0.15) is 0 Å². The third kappa shape index (κ3) is 4.95. The van der Waals surface area contributed by atoms with E-state index in [1.165, 1.54) is 36.0 Å². The van der Waals surface area contributed by atoms with E-state index in [-0.39, 0.29) is 23.8 Å². The van der Waals surface area contributed by atoms with E-state index in [4.69, 9.17) is 0 Å². The number of rotatable bonds is 5. The van der Waals surface area contributed by atoms with Crippen molar-refractivity contribution < 1.29 is 19.5 Å². The zero-order valence-corrected chi connectivity index (χ0v) is 15.2. The number of hydrogen-bond acceptors (Lipinski definition) is 6. The minimum absolute atomic E-state index is 0.0209. The zero-order chi connectivity index (χ0) is 19.4. The van der Waals surface area contributed by atoms with E-state index < -0.39 is 11.2 Å². The second-order valence-corrected chi connectivity index (χ2v) is 7.16. The molecule has 1 aliphatic heterocycles. The van der Waals surface area contributed by atoms with E-state index in [9.17, 15) is 19.5 Å². The van der Waals surface area contributed by atoms with Gasteiger partial charge in [0.25, 0.3) is 0 Å². The molecule has 1 fully saturated rings. The summed E-state index contributed by atoms with van der Waals surface area (Å²) in [7, 11) is 0. The Morgan fingerprint density at radius 1 is 1.15 bits per heavy atom. The molecule has 1 heterocycles. The van der Waals surface area contributed by atoms with Crippen LogP contribution in [0.2, 0.25) is 0 Å². The van der Waals surface area contributed by atoms with Crippen molar-refractivity contribution in [2.75, 3.05) is 5.32 Å². The molecule has 2 amide bonds. The van der Waals surface area contributed by atoms with E-state index in [1.54, 1.807) is 12.1 Å². The fourth-order valence-corrected chi connectivity index (χ4v) is 3.39. The minimum atomic E-state index is -1.27. The summed E-state index contributed by atoms with van der Waals surface area (Å²) < 4.78 is 0. The highest BCUT2D eigenvalue weighted by atomic mass is 32.2. The molecule has 0 unspecified atom stereocenters. The molecule has 0 aromatic heterocycles. The lowest BCUT2D eigenvalue weighted by molar-refractivity contribution is -0.255. The number of nitrogens with one attached hydrogen (secondary N) is 2. The van der Waals surface area contributed by atoms with Gasteiger partial charge in [-0.25, -0.2) is 4.99 Å². The van der Waals surface area contributed by atoms with Gasteiger partial charge in [0.15, 0.2) is 5.17 Å². The summed E-state index contributed by atoms with van der Waals surface area (Å²) in [5.74, 6) is -1.81. The number of hydrogen-bond donors (Lipinski definition) is 2. The molecule has 138 valence electrons. The maximum atomic E-state index is 12.2. The summed E-state index contributed by atoms with van der Waals surface area (Å²) in [5, 5.41) is 15.9. The first kappa shape index (κ1) is 18.7. The first-order chi connectivity index (χ1) is 12.9. The molecule has 2 N–H and O–H groups in total. The third-order valence-electron chi connectivity index (χ3n) is 3.82. The lowest BCUT2D eigenvalue weighted by Crippen LogP contribution is -2.28. The van der Waals surface area contributed by atoms with Crippen molar-refractivity contribution in [2.45, 2.75) is 18.6 Å². The van der Waals surface area contributed by atoms with Crippen LogP contribution in [0.5, 0.6) is 0 Å². The van der Waals surface area contributed by atoms with Crippen LogP contribution in [0, 0.1) is 6.92 Å². The van der Waals surface area contributed by atoms with Crippen LogP contribution >= 0.6 is 11.8 Å². The van der Waals surface area contributed by atoms with Crippen LogP contribution < -0.4 is 15.7 Å². The standard InChI is InChI=1S/C19H17N3O4S/c1-11-2-6-13(7-3-11)20-16(23)10-15-17(24)22-19(27-15)21-14-8-4-12(5-9-14)18(25)26/h2-9,15H,10H2,1H3,(H,20,23)(H,25,26)(H,21,22,24)/p-1/t15-/m1/s1. The molecule has 0 saturated carbocycles. The van der Waals surface area contributed by atoms with Crippen molar-refractivity contribution in [2.24, 2.45) is 4.99 Å². The molecule has 1 aliphatic rings. The Morgan fingerprint density at radius 2 is 1.81 bits per heavy atom. The lowest BCUT2D eigenvalue weighted by Gasteiger charge is -2.07. The average Bonchev–Trinajstić information content (AvgIpc) is 2.96. The van der Waals surface area contributed by atoms with Gasteiger partial charge in [0, 0.05) is 12.1 Å². The second-order valence-electron chi connectivity index (χ2n) is 5.97. The maximum Gasteiger partial charge on any atom is 0.240 e. The molecular weight excluding hydrogens is 366 g/mol. The SMILES string of the molecule is Cc1ccc(NC(=O)C[C@H]2SC(=Nc3ccc(C(=O)[O-])cc3)NC2=O)cc1. The third-order valence-corrected chi connectivity index (χ3v) is 4.90. The molecule has 0 aliphatic carbocycles. The Hall–Kier alpha value is -3.13. The average molecular weight is 382 g/mol. The summed E-state index contributed by atoms with van der Waals surface area (Å²) >= 11 is 1.17. The second kappa shape index (κ2) is 8.05. The fourth-order valence-electron chi connectivity index (χ4n) is 2.40. The number of aryl methyl sites for hydroxylation is 1. The molecule has 0 spiro atoms. The van der Waals surface area contributed by atoms with E-state index in [2.05, 4.69) is 15.6 Å². The molecule has 0 radical (unpaired) electrons. The molecular formula is C19H16N3O4S-.